The normalized spacial score (nSPS) is 29.0. The van der Waals surface area contributed by atoms with E-state index in [1.807, 2.05) is 6.08 Å². The van der Waals surface area contributed by atoms with Crippen molar-refractivity contribution in [1.29, 1.82) is 0 Å². The summed E-state index contributed by atoms with van der Waals surface area (Å²) in [5.41, 5.74) is 0. The van der Waals surface area contributed by atoms with Crippen LogP contribution in [0.1, 0.15) is 251 Å². The van der Waals surface area contributed by atoms with Gasteiger partial charge < -0.3 is 89.9 Å². The second kappa shape index (κ2) is 49.7. The number of aliphatic hydroxyl groups is 11. The Morgan fingerprint density at radius 3 is 1.16 bits per heavy atom. The molecule has 504 valence electrons. The Bertz CT molecular complexity index is 1710. The molecule has 3 aliphatic heterocycles. The van der Waals surface area contributed by atoms with Gasteiger partial charge in [0.2, 0.25) is 5.91 Å². The number of unbranched alkanes of at least 4 members (excludes halogenated alkanes) is 32. The zero-order chi connectivity index (χ0) is 62.6. The van der Waals surface area contributed by atoms with Crippen molar-refractivity contribution in [3.05, 3.63) is 36.5 Å². The molecule has 17 atom stereocenters. The fourth-order valence-corrected chi connectivity index (χ4v) is 11.6. The quantitative estimate of drug-likeness (QED) is 0.0201. The van der Waals surface area contributed by atoms with Gasteiger partial charge in [0.1, 0.15) is 73.2 Å². The van der Waals surface area contributed by atoms with Gasteiger partial charge in [-0.3, -0.25) is 4.79 Å². The smallest absolute Gasteiger partial charge is 0.220 e. The third-order valence-corrected chi connectivity index (χ3v) is 17.2. The topological polar surface area (TPSA) is 307 Å². The Morgan fingerprint density at radius 2 is 0.744 bits per heavy atom. The lowest BCUT2D eigenvalue weighted by Gasteiger charge is -2.48. The second-order valence-electron chi connectivity index (χ2n) is 24.6. The van der Waals surface area contributed by atoms with Gasteiger partial charge >= 0.3 is 0 Å². The predicted octanol–water partition coefficient (Wildman–Crippen LogP) is 8.44. The molecule has 17 unspecified atom stereocenters. The highest BCUT2D eigenvalue weighted by Crippen LogP contribution is 2.33. The summed E-state index contributed by atoms with van der Waals surface area (Å²) in [5, 5.41) is 120. The highest BCUT2D eigenvalue weighted by atomic mass is 16.8. The number of hydrogen-bond acceptors (Lipinski definition) is 18. The SMILES string of the molecule is CCCCCCCCCCC/C=C/CC/C=C/CC/C=C/C(O)C(COC1OC(CO)C(OC2OC(CO)C(OC3OC(CO)C(O)C(O)C3O)C(O)C2O)C(O)C1O)NC(=O)CCCCCCCCCCCCCCCCCCCCCCCC. The molecule has 0 aliphatic carbocycles. The molecule has 1 amide bonds. The Balaban J connectivity index is 1.46. The molecule has 3 aliphatic rings. The first-order chi connectivity index (χ1) is 41.8. The molecule has 0 bridgehead atoms. The van der Waals surface area contributed by atoms with E-state index in [1.54, 1.807) is 6.08 Å². The lowest BCUT2D eigenvalue weighted by atomic mass is 9.96. The van der Waals surface area contributed by atoms with Crippen molar-refractivity contribution in [2.24, 2.45) is 0 Å². The van der Waals surface area contributed by atoms with E-state index in [1.165, 1.54) is 173 Å². The summed E-state index contributed by atoms with van der Waals surface area (Å²) in [6, 6.07) is -0.994. The van der Waals surface area contributed by atoms with Gasteiger partial charge in [-0.05, 0) is 44.9 Å². The van der Waals surface area contributed by atoms with Crippen molar-refractivity contribution >= 4 is 5.91 Å². The number of aliphatic hydroxyl groups excluding tert-OH is 11. The van der Waals surface area contributed by atoms with Crippen LogP contribution >= 0.6 is 0 Å². The number of rotatable bonds is 52. The van der Waals surface area contributed by atoms with Crippen LogP contribution in [-0.4, -0.2) is 193 Å². The molecule has 12 N–H and O–H groups in total. The highest BCUT2D eigenvalue weighted by molar-refractivity contribution is 5.76. The summed E-state index contributed by atoms with van der Waals surface area (Å²) < 4.78 is 34.3. The summed E-state index contributed by atoms with van der Waals surface area (Å²) in [5.74, 6) is -0.286. The van der Waals surface area contributed by atoms with Crippen molar-refractivity contribution in [1.82, 2.24) is 5.32 Å². The van der Waals surface area contributed by atoms with Crippen molar-refractivity contribution in [3.63, 3.8) is 0 Å². The third-order valence-electron chi connectivity index (χ3n) is 17.2. The van der Waals surface area contributed by atoms with Crippen LogP contribution in [0.25, 0.3) is 0 Å². The van der Waals surface area contributed by atoms with E-state index in [2.05, 4.69) is 43.5 Å². The average molecular weight is 1230 g/mol. The van der Waals surface area contributed by atoms with Crippen molar-refractivity contribution in [2.75, 3.05) is 26.4 Å². The molecular formula is C67H123NO18. The van der Waals surface area contributed by atoms with Crippen LogP contribution in [0.5, 0.6) is 0 Å². The van der Waals surface area contributed by atoms with Crippen molar-refractivity contribution < 1.29 is 89.4 Å². The summed E-state index contributed by atoms with van der Waals surface area (Å²) in [7, 11) is 0. The Kier molecular flexibility index (Phi) is 45.2. The molecule has 19 heteroatoms. The highest BCUT2D eigenvalue weighted by Gasteiger charge is 2.53. The van der Waals surface area contributed by atoms with Crippen molar-refractivity contribution in [3.8, 4) is 0 Å². The maximum absolute atomic E-state index is 13.4. The number of amides is 1. The van der Waals surface area contributed by atoms with E-state index in [9.17, 15) is 61.0 Å². The molecule has 86 heavy (non-hydrogen) atoms. The van der Waals surface area contributed by atoms with E-state index < -0.39 is 124 Å². The predicted molar refractivity (Wildman–Crippen MR) is 333 cm³/mol. The number of hydrogen-bond donors (Lipinski definition) is 12. The van der Waals surface area contributed by atoms with Crippen LogP contribution in [0.2, 0.25) is 0 Å². The first-order valence-electron chi connectivity index (χ1n) is 34.2. The molecule has 0 aromatic carbocycles. The maximum Gasteiger partial charge on any atom is 0.220 e. The number of allylic oxidation sites excluding steroid dienone is 5. The van der Waals surface area contributed by atoms with Crippen LogP contribution in [0.4, 0.5) is 0 Å². The van der Waals surface area contributed by atoms with Gasteiger partial charge in [-0.1, -0.05) is 237 Å². The molecule has 0 aromatic rings. The summed E-state index contributed by atoms with van der Waals surface area (Å²) in [4.78, 5) is 13.4. The minimum absolute atomic E-state index is 0.236. The molecule has 0 radical (unpaired) electrons. The number of nitrogens with one attached hydrogen (secondary N) is 1. The Labute approximate surface area is 517 Å². The number of ether oxygens (including phenoxy) is 6. The van der Waals surface area contributed by atoms with E-state index in [-0.39, 0.29) is 18.9 Å². The van der Waals surface area contributed by atoms with Crippen molar-refractivity contribution in [2.45, 2.75) is 356 Å². The van der Waals surface area contributed by atoms with Crippen LogP contribution < -0.4 is 5.32 Å². The van der Waals surface area contributed by atoms with Crippen LogP contribution in [0.3, 0.4) is 0 Å². The molecular weight excluding hydrogens is 1110 g/mol. The first kappa shape index (κ1) is 78.3. The third kappa shape index (κ3) is 31.8. The lowest BCUT2D eigenvalue weighted by molar-refractivity contribution is -0.379. The fourth-order valence-electron chi connectivity index (χ4n) is 11.6. The standard InChI is InChI=1S/C67H123NO18/c1-3-5-7-9-11-13-15-17-19-21-23-24-25-27-29-31-33-35-37-39-41-43-45-55(73)68-50(51(72)44-42-40-38-36-34-32-30-28-26-22-20-18-16-14-12-10-8-6-4-2)49-81-65-61(79)58(76)63(53(47-70)83-65)86-67-62(80)59(77)64(54(48-71)84-67)85-66-60(78)57(75)56(74)52(46-69)82-66/h26,28,34,36,42,44,50-54,56-67,69-72,74-80H,3-25,27,29-33,35,37-41,43,45-49H2,1-2H3,(H,68,73)/b28-26+,36-34+,44-42+. The van der Waals surface area contributed by atoms with Gasteiger partial charge in [-0.15, -0.1) is 0 Å². The molecule has 3 heterocycles. The van der Waals surface area contributed by atoms with Gasteiger partial charge in [0.05, 0.1) is 38.6 Å². The molecule has 3 rings (SSSR count). The molecule has 0 saturated carbocycles. The van der Waals surface area contributed by atoms with Gasteiger partial charge in [-0.2, -0.15) is 0 Å². The molecule has 0 spiro atoms. The summed E-state index contributed by atoms with van der Waals surface area (Å²) in [6.45, 7) is 1.73. The van der Waals surface area contributed by atoms with Crippen LogP contribution in [0, 0.1) is 0 Å². The second-order valence-corrected chi connectivity index (χ2v) is 24.6. The van der Waals surface area contributed by atoms with Gasteiger partial charge in [0.15, 0.2) is 18.9 Å². The van der Waals surface area contributed by atoms with Crippen LogP contribution in [-0.2, 0) is 33.2 Å². The Hall–Kier alpha value is -1.99. The Morgan fingerprint density at radius 1 is 0.407 bits per heavy atom. The van der Waals surface area contributed by atoms with E-state index in [4.69, 9.17) is 28.4 Å². The zero-order valence-electron chi connectivity index (χ0n) is 53.0. The molecule has 3 fully saturated rings. The largest absolute Gasteiger partial charge is 0.394 e. The number of carbonyl (C=O) groups excluding carboxylic acids is 1. The summed E-state index contributed by atoms with van der Waals surface area (Å²) >= 11 is 0. The molecule has 0 aromatic heterocycles. The first-order valence-corrected chi connectivity index (χ1v) is 34.2. The van der Waals surface area contributed by atoms with E-state index in [0.29, 0.717) is 12.8 Å². The number of carbonyl (C=O) groups is 1. The minimum atomic E-state index is -1.98. The molecule has 3 saturated heterocycles. The monoisotopic (exact) mass is 1230 g/mol. The van der Waals surface area contributed by atoms with Gasteiger partial charge in [-0.25, -0.2) is 0 Å². The average Bonchev–Trinajstić information content (AvgIpc) is 2.64. The summed E-state index contributed by atoms with van der Waals surface area (Å²) in [6.07, 6.45) is 29.8. The van der Waals surface area contributed by atoms with E-state index >= 15 is 0 Å². The molecule has 19 nitrogen and oxygen atoms in total. The maximum atomic E-state index is 13.4. The van der Waals surface area contributed by atoms with E-state index in [0.717, 1.165) is 44.9 Å². The zero-order valence-corrected chi connectivity index (χ0v) is 53.0. The minimum Gasteiger partial charge on any atom is -0.394 e. The van der Waals surface area contributed by atoms with Gasteiger partial charge in [0, 0.05) is 6.42 Å². The lowest BCUT2D eigenvalue weighted by Crippen LogP contribution is -2.66. The van der Waals surface area contributed by atoms with Crippen LogP contribution in [0.15, 0.2) is 36.5 Å². The van der Waals surface area contributed by atoms with Gasteiger partial charge in [0.25, 0.3) is 0 Å². The fraction of sp³-hybridized carbons (Fsp3) is 0.896.